The van der Waals surface area contributed by atoms with Gasteiger partial charge in [-0.2, -0.15) is 0 Å². The van der Waals surface area contributed by atoms with Gasteiger partial charge in [-0.05, 0) is 7.05 Å². The number of hydrogen-bond donors (Lipinski definition) is 1. The van der Waals surface area contributed by atoms with Crippen molar-refractivity contribution in [2.75, 3.05) is 51.0 Å². The third-order valence-corrected chi connectivity index (χ3v) is 3.65. The van der Waals surface area contributed by atoms with Crippen molar-refractivity contribution in [3.05, 3.63) is 4.88 Å². The van der Waals surface area contributed by atoms with Crippen LogP contribution in [-0.4, -0.2) is 56.2 Å². The molecule has 0 spiro atoms. The number of nitrogens with zero attached hydrogens (tertiary/aromatic N) is 3. The predicted molar refractivity (Wildman–Crippen MR) is 67.6 cm³/mol. The van der Waals surface area contributed by atoms with Crippen LogP contribution in [0.5, 0.6) is 0 Å². The Morgan fingerprint density at radius 2 is 2.06 bits per heavy atom. The lowest BCUT2D eigenvalue weighted by molar-refractivity contribution is 0.0606. The van der Waals surface area contributed by atoms with Gasteiger partial charge in [0.15, 0.2) is 15.8 Å². The molecule has 0 aromatic carbocycles. The SMILES string of the molecule is COC(=O)c1sc(N)nc1N1CCN(C)CC1. The van der Waals surface area contributed by atoms with Gasteiger partial charge in [0, 0.05) is 26.2 Å². The largest absolute Gasteiger partial charge is 0.465 e. The van der Waals surface area contributed by atoms with E-state index < -0.39 is 0 Å². The third-order valence-electron chi connectivity index (χ3n) is 2.80. The Bertz CT molecular complexity index is 412. The number of nitrogens with two attached hydrogens (primary N) is 1. The Hall–Kier alpha value is -1.34. The first-order valence-electron chi connectivity index (χ1n) is 5.40. The fourth-order valence-corrected chi connectivity index (χ4v) is 2.56. The van der Waals surface area contributed by atoms with E-state index in [0.29, 0.717) is 15.8 Å². The van der Waals surface area contributed by atoms with E-state index in [2.05, 4.69) is 21.8 Å². The lowest BCUT2D eigenvalue weighted by Gasteiger charge is -2.32. The normalized spacial score (nSPS) is 17.2. The molecule has 7 heteroatoms. The van der Waals surface area contributed by atoms with Crippen LogP contribution in [0.4, 0.5) is 10.9 Å². The molecule has 0 saturated carbocycles. The van der Waals surface area contributed by atoms with Gasteiger partial charge in [0.05, 0.1) is 7.11 Å². The zero-order chi connectivity index (χ0) is 12.4. The maximum Gasteiger partial charge on any atom is 0.352 e. The number of nitrogen functional groups attached to an aromatic ring is 1. The summed E-state index contributed by atoms with van der Waals surface area (Å²) in [5.41, 5.74) is 5.67. The molecule has 1 aromatic heterocycles. The Kier molecular flexibility index (Phi) is 3.49. The highest BCUT2D eigenvalue weighted by Gasteiger charge is 2.24. The van der Waals surface area contributed by atoms with Crippen LogP contribution < -0.4 is 10.6 Å². The molecular weight excluding hydrogens is 240 g/mol. The van der Waals surface area contributed by atoms with Gasteiger partial charge < -0.3 is 20.3 Å². The first-order chi connectivity index (χ1) is 8.11. The molecule has 6 nitrogen and oxygen atoms in total. The molecule has 0 atom stereocenters. The number of methoxy groups -OCH3 is 1. The summed E-state index contributed by atoms with van der Waals surface area (Å²) in [6, 6.07) is 0. The summed E-state index contributed by atoms with van der Waals surface area (Å²) in [7, 11) is 3.44. The molecule has 17 heavy (non-hydrogen) atoms. The Labute approximate surface area is 104 Å². The third kappa shape index (κ3) is 2.50. The number of hydrogen-bond acceptors (Lipinski definition) is 7. The maximum atomic E-state index is 11.6. The van der Waals surface area contributed by atoms with Crippen LogP contribution >= 0.6 is 11.3 Å². The molecule has 0 radical (unpaired) electrons. The highest BCUT2D eigenvalue weighted by Crippen LogP contribution is 2.29. The summed E-state index contributed by atoms with van der Waals surface area (Å²) < 4.78 is 4.74. The number of carbonyl (C=O) groups is 1. The van der Waals surface area contributed by atoms with E-state index in [1.54, 1.807) is 0 Å². The zero-order valence-electron chi connectivity index (χ0n) is 9.97. The first kappa shape index (κ1) is 12.1. The minimum absolute atomic E-state index is 0.367. The van der Waals surface area contributed by atoms with Crippen molar-refractivity contribution >= 4 is 28.3 Å². The average Bonchev–Trinajstić information content (AvgIpc) is 2.71. The van der Waals surface area contributed by atoms with Gasteiger partial charge in [-0.3, -0.25) is 0 Å². The van der Waals surface area contributed by atoms with Gasteiger partial charge in [-0.1, -0.05) is 11.3 Å². The van der Waals surface area contributed by atoms with Crippen molar-refractivity contribution in [1.29, 1.82) is 0 Å². The van der Waals surface area contributed by atoms with Crippen LogP contribution in [0.3, 0.4) is 0 Å². The van der Waals surface area contributed by atoms with Gasteiger partial charge in [0.2, 0.25) is 0 Å². The van der Waals surface area contributed by atoms with Crippen molar-refractivity contribution in [3.8, 4) is 0 Å². The molecule has 0 bridgehead atoms. The molecule has 1 fully saturated rings. The molecule has 1 aromatic rings. The second-order valence-electron chi connectivity index (χ2n) is 3.99. The van der Waals surface area contributed by atoms with Crippen molar-refractivity contribution < 1.29 is 9.53 Å². The maximum absolute atomic E-state index is 11.6. The summed E-state index contributed by atoms with van der Waals surface area (Å²) in [5.74, 6) is 0.292. The van der Waals surface area contributed by atoms with E-state index in [1.165, 1.54) is 18.4 Å². The minimum Gasteiger partial charge on any atom is -0.465 e. The van der Waals surface area contributed by atoms with E-state index in [9.17, 15) is 4.79 Å². The molecule has 2 heterocycles. The molecule has 1 aliphatic rings. The monoisotopic (exact) mass is 256 g/mol. The number of piperazine rings is 1. The zero-order valence-corrected chi connectivity index (χ0v) is 10.8. The number of anilines is 2. The van der Waals surface area contributed by atoms with Crippen LogP contribution in [0.15, 0.2) is 0 Å². The number of likely N-dealkylation sites (N-methyl/N-ethyl adjacent to an activating group) is 1. The number of ether oxygens (including phenoxy) is 1. The molecule has 2 N–H and O–H groups in total. The first-order valence-corrected chi connectivity index (χ1v) is 6.21. The number of esters is 1. The number of thiazole rings is 1. The van der Waals surface area contributed by atoms with Crippen molar-refractivity contribution in [1.82, 2.24) is 9.88 Å². The van der Waals surface area contributed by atoms with Crippen LogP contribution in [0.2, 0.25) is 0 Å². The number of aromatic nitrogens is 1. The molecule has 1 saturated heterocycles. The second-order valence-corrected chi connectivity index (χ2v) is 5.02. The minimum atomic E-state index is -0.367. The van der Waals surface area contributed by atoms with Gasteiger partial charge >= 0.3 is 5.97 Å². The lowest BCUT2D eigenvalue weighted by atomic mass is 10.3. The number of rotatable bonds is 2. The highest BCUT2D eigenvalue weighted by atomic mass is 32.1. The average molecular weight is 256 g/mol. The van der Waals surface area contributed by atoms with Gasteiger partial charge in [0.1, 0.15) is 0 Å². The van der Waals surface area contributed by atoms with Crippen LogP contribution in [0, 0.1) is 0 Å². The topological polar surface area (TPSA) is 71.7 Å². The summed E-state index contributed by atoms with van der Waals surface area (Å²) in [6.07, 6.45) is 0. The lowest BCUT2D eigenvalue weighted by Crippen LogP contribution is -2.45. The molecule has 0 unspecified atom stereocenters. The molecular formula is C10H16N4O2S. The fourth-order valence-electron chi connectivity index (χ4n) is 1.79. The Balaban J connectivity index is 2.22. The Morgan fingerprint density at radius 3 is 2.65 bits per heavy atom. The molecule has 1 aliphatic heterocycles. The van der Waals surface area contributed by atoms with Crippen molar-refractivity contribution in [2.24, 2.45) is 0 Å². The Morgan fingerprint density at radius 1 is 1.41 bits per heavy atom. The summed E-state index contributed by atoms with van der Waals surface area (Å²) in [5, 5.41) is 0.402. The predicted octanol–water partition coefficient (Wildman–Crippen LogP) is 0.264. The number of carbonyl (C=O) groups excluding carboxylic acids is 1. The van der Waals surface area contributed by atoms with Crippen molar-refractivity contribution in [2.45, 2.75) is 0 Å². The van der Waals surface area contributed by atoms with Crippen LogP contribution in [-0.2, 0) is 4.74 Å². The van der Waals surface area contributed by atoms with Gasteiger partial charge in [-0.15, -0.1) is 0 Å². The quantitative estimate of drug-likeness (QED) is 0.766. The second kappa shape index (κ2) is 4.89. The molecule has 94 valence electrons. The van der Waals surface area contributed by atoms with E-state index in [1.807, 2.05) is 0 Å². The molecule has 0 aliphatic carbocycles. The van der Waals surface area contributed by atoms with E-state index in [0.717, 1.165) is 26.2 Å². The van der Waals surface area contributed by atoms with Crippen molar-refractivity contribution in [3.63, 3.8) is 0 Å². The van der Waals surface area contributed by atoms with E-state index in [4.69, 9.17) is 10.5 Å². The highest BCUT2D eigenvalue weighted by molar-refractivity contribution is 7.17. The summed E-state index contributed by atoms with van der Waals surface area (Å²) >= 11 is 1.18. The smallest absolute Gasteiger partial charge is 0.352 e. The standard InChI is InChI=1S/C10H16N4O2S/c1-13-3-5-14(6-4-13)8-7(9(15)16-2)17-10(11)12-8/h3-6H2,1-2H3,(H2,11,12). The van der Waals surface area contributed by atoms with E-state index in [-0.39, 0.29) is 5.97 Å². The van der Waals surface area contributed by atoms with Gasteiger partial charge in [-0.25, -0.2) is 9.78 Å². The van der Waals surface area contributed by atoms with Crippen LogP contribution in [0.1, 0.15) is 9.67 Å². The molecule has 2 rings (SSSR count). The summed E-state index contributed by atoms with van der Waals surface area (Å²) in [6.45, 7) is 3.61. The van der Waals surface area contributed by atoms with Crippen LogP contribution in [0.25, 0.3) is 0 Å². The molecule has 0 amide bonds. The summed E-state index contributed by atoms with van der Waals surface area (Å²) in [4.78, 5) is 20.7. The van der Waals surface area contributed by atoms with E-state index >= 15 is 0 Å². The fraction of sp³-hybridized carbons (Fsp3) is 0.600. The van der Waals surface area contributed by atoms with Gasteiger partial charge in [0.25, 0.3) is 0 Å².